The van der Waals surface area contributed by atoms with Crippen LogP contribution in [-0.4, -0.2) is 5.11 Å². The highest BCUT2D eigenvalue weighted by Crippen LogP contribution is 2.33. The summed E-state index contributed by atoms with van der Waals surface area (Å²) in [4.78, 5) is 1.09. The molecule has 0 spiro atoms. The van der Waals surface area contributed by atoms with Crippen LogP contribution in [0.3, 0.4) is 0 Å². The van der Waals surface area contributed by atoms with E-state index in [1.54, 1.807) is 11.3 Å². The maximum atomic E-state index is 10.7. The average molecular weight is 260 g/mol. The zero-order valence-electron chi connectivity index (χ0n) is 11.4. The highest BCUT2D eigenvalue weighted by molar-refractivity contribution is 7.10. The molecule has 1 atom stereocenters. The summed E-state index contributed by atoms with van der Waals surface area (Å²) >= 11 is 1.65. The van der Waals surface area contributed by atoms with Gasteiger partial charge >= 0.3 is 0 Å². The molecule has 2 rings (SSSR count). The second-order valence-corrected chi connectivity index (χ2v) is 5.83. The molecule has 1 nitrogen and oxygen atoms in total. The van der Waals surface area contributed by atoms with Crippen LogP contribution in [0.4, 0.5) is 0 Å². The van der Waals surface area contributed by atoms with Crippen molar-refractivity contribution in [1.82, 2.24) is 0 Å². The van der Waals surface area contributed by atoms with E-state index in [1.807, 2.05) is 0 Å². The predicted octanol–water partition coefficient (Wildman–Crippen LogP) is 4.32. The van der Waals surface area contributed by atoms with E-state index in [4.69, 9.17) is 0 Å². The van der Waals surface area contributed by atoms with Crippen LogP contribution in [0.2, 0.25) is 0 Å². The van der Waals surface area contributed by atoms with Crippen molar-refractivity contribution in [2.24, 2.45) is 0 Å². The molecule has 0 aliphatic heterocycles. The van der Waals surface area contributed by atoms with Gasteiger partial charge in [0.05, 0.1) is 0 Å². The van der Waals surface area contributed by atoms with Crippen molar-refractivity contribution in [2.45, 2.75) is 40.2 Å². The molecule has 18 heavy (non-hydrogen) atoms. The van der Waals surface area contributed by atoms with Gasteiger partial charge in [0.1, 0.15) is 6.10 Å². The fourth-order valence-corrected chi connectivity index (χ4v) is 3.62. The molecule has 96 valence electrons. The van der Waals surface area contributed by atoms with E-state index in [1.165, 1.54) is 22.3 Å². The van der Waals surface area contributed by atoms with Crippen LogP contribution in [-0.2, 0) is 6.42 Å². The number of thiophene rings is 1. The van der Waals surface area contributed by atoms with E-state index in [0.29, 0.717) is 0 Å². The quantitative estimate of drug-likeness (QED) is 0.871. The van der Waals surface area contributed by atoms with Gasteiger partial charge in [-0.05, 0) is 60.9 Å². The van der Waals surface area contributed by atoms with Crippen LogP contribution in [0.5, 0.6) is 0 Å². The maximum Gasteiger partial charge on any atom is 0.114 e. The minimum absolute atomic E-state index is 0.486. The van der Waals surface area contributed by atoms with Crippen molar-refractivity contribution < 1.29 is 5.11 Å². The zero-order chi connectivity index (χ0) is 13.3. The Hall–Kier alpha value is -1.12. The average Bonchev–Trinajstić information content (AvgIpc) is 2.75. The first kappa shape index (κ1) is 13.3. The predicted molar refractivity (Wildman–Crippen MR) is 78.4 cm³/mol. The Labute approximate surface area is 113 Å². The lowest BCUT2D eigenvalue weighted by Gasteiger charge is -2.17. The molecule has 0 saturated heterocycles. The van der Waals surface area contributed by atoms with Gasteiger partial charge in [-0.25, -0.2) is 0 Å². The molecule has 0 aliphatic carbocycles. The summed E-state index contributed by atoms with van der Waals surface area (Å²) < 4.78 is 0. The third-order valence-electron chi connectivity index (χ3n) is 3.42. The van der Waals surface area contributed by atoms with Crippen LogP contribution in [0.25, 0.3) is 0 Å². The highest BCUT2D eigenvalue weighted by atomic mass is 32.1. The van der Waals surface area contributed by atoms with Crippen LogP contribution >= 0.6 is 11.3 Å². The number of aliphatic hydroxyl groups excluding tert-OH is 1. The first-order valence-corrected chi connectivity index (χ1v) is 7.24. The van der Waals surface area contributed by atoms with Crippen molar-refractivity contribution in [3.05, 3.63) is 56.3 Å². The Bertz CT molecular complexity index is 531. The summed E-state index contributed by atoms with van der Waals surface area (Å²) in [5.74, 6) is 0. The molecule has 2 aromatic rings. The molecule has 1 aromatic carbocycles. The molecule has 0 bridgehead atoms. The van der Waals surface area contributed by atoms with Gasteiger partial charge in [-0.15, -0.1) is 11.3 Å². The summed E-state index contributed by atoms with van der Waals surface area (Å²) in [5, 5.41) is 12.7. The van der Waals surface area contributed by atoms with Crippen LogP contribution in [0.1, 0.15) is 45.7 Å². The number of rotatable bonds is 3. The van der Waals surface area contributed by atoms with E-state index in [2.05, 4.69) is 51.3 Å². The summed E-state index contributed by atoms with van der Waals surface area (Å²) in [6, 6.07) is 6.40. The van der Waals surface area contributed by atoms with Crippen LogP contribution < -0.4 is 0 Å². The Morgan fingerprint density at radius 1 is 1.17 bits per heavy atom. The fourth-order valence-electron chi connectivity index (χ4n) is 2.63. The molecule has 1 aromatic heterocycles. The van der Waals surface area contributed by atoms with E-state index in [9.17, 15) is 5.11 Å². The van der Waals surface area contributed by atoms with Gasteiger partial charge in [0.2, 0.25) is 0 Å². The smallest absolute Gasteiger partial charge is 0.114 e. The highest BCUT2D eigenvalue weighted by Gasteiger charge is 2.19. The topological polar surface area (TPSA) is 20.2 Å². The van der Waals surface area contributed by atoms with Gasteiger partial charge in [-0.3, -0.25) is 0 Å². The monoisotopic (exact) mass is 260 g/mol. The van der Waals surface area contributed by atoms with Crippen molar-refractivity contribution in [3.8, 4) is 0 Å². The Kier molecular flexibility index (Phi) is 3.88. The van der Waals surface area contributed by atoms with E-state index in [0.717, 1.165) is 16.9 Å². The van der Waals surface area contributed by atoms with Gasteiger partial charge in [0.15, 0.2) is 0 Å². The molecule has 0 fully saturated rings. The second kappa shape index (κ2) is 5.25. The van der Waals surface area contributed by atoms with E-state index >= 15 is 0 Å². The Morgan fingerprint density at radius 3 is 2.33 bits per heavy atom. The van der Waals surface area contributed by atoms with Gasteiger partial charge in [0.25, 0.3) is 0 Å². The molecule has 1 N–H and O–H groups in total. The zero-order valence-corrected chi connectivity index (χ0v) is 12.3. The van der Waals surface area contributed by atoms with Crippen molar-refractivity contribution in [1.29, 1.82) is 0 Å². The number of aryl methyl sites for hydroxylation is 4. The van der Waals surface area contributed by atoms with E-state index in [-0.39, 0.29) is 0 Å². The first-order valence-electron chi connectivity index (χ1n) is 6.36. The minimum Gasteiger partial charge on any atom is -0.383 e. The Balaban J connectivity index is 2.49. The molecule has 0 radical (unpaired) electrons. The summed E-state index contributed by atoms with van der Waals surface area (Å²) in [5.41, 5.74) is 5.93. The standard InChI is InChI=1S/C16H20OS/c1-5-13-6-7-18-16(13)15(17)14-11(3)8-10(2)9-12(14)4/h6-9,15,17H,5H2,1-4H3. The lowest BCUT2D eigenvalue weighted by atomic mass is 9.93. The van der Waals surface area contributed by atoms with Gasteiger partial charge in [0, 0.05) is 4.88 Å². The van der Waals surface area contributed by atoms with E-state index < -0.39 is 6.10 Å². The summed E-state index contributed by atoms with van der Waals surface area (Å²) in [7, 11) is 0. The molecular formula is C16H20OS. The molecule has 0 aliphatic rings. The van der Waals surface area contributed by atoms with Crippen LogP contribution in [0.15, 0.2) is 23.6 Å². The first-order chi connectivity index (χ1) is 8.54. The lowest BCUT2D eigenvalue weighted by molar-refractivity contribution is 0.221. The maximum absolute atomic E-state index is 10.7. The third-order valence-corrected chi connectivity index (χ3v) is 4.43. The van der Waals surface area contributed by atoms with Crippen LogP contribution in [0, 0.1) is 20.8 Å². The Morgan fingerprint density at radius 2 is 1.78 bits per heavy atom. The van der Waals surface area contributed by atoms with Gasteiger partial charge in [-0.1, -0.05) is 24.6 Å². The third kappa shape index (κ3) is 2.36. The molecule has 2 heteroatoms. The molecule has 0 amide bonds. The SMILES string of the molecule is CCc1ccsc1C(O)c1c(C)cc(C)cc1C. The normalized spacial score (nSPS) is 12.7. The number of aliphatic hydroxyl groups is 1. The molecule has 0 saturated carbocycles. The molecule has 1 heterocycles. The minimum atomic E-state index is -0.486. The van der Waals surface area contributed by atoms with Gasteiger partial charge < -0.3 is 5.11 Å². The van der Waals surface area contributed by atoms with Crippen molar-refractivity contribution >= 4 is 11.3 Å². The second-order valence-electron chi connectivity index (χ2n) is 4.88. The van der Waals surface area contributed by atoms with Crippen molar-refractivity contribution in [2.75, 3.05) is 0 Å². The number of hydrogen-bond acceptors (Lipinski definition) is 2. The molecule has 1 unspecified atom stereocenters. The summed E-state index contributed by atoms with van der Waals surface area (Å²) in [6.45, 7) is 8.39. The number of benzene rings is 1. The summed E-state index contributed by atoms with van der Waals surface area (Å²) in [6.07, 6.45) is 0.486. The van der Waals surface area contributed by atoms with Gasteiger partial charge in [-0.2, -0.15) is 0 Å². The largest absolute Gasteiger partial charge is 0.383 e. The fraction of sp³-hybridized carbons (Fsp3) is 0.375. The lowest BCUT2D eigenvalue weighted by Crippen LogP contribution is -2.05. The molecular weight excluding hydrogens is 240 g/mol. The van der Waals surface area contributed by atoms with Crippen molar-refractivity contribution in [3.63, 3.8) is 0 Å². The number of hydrogen-bond donors (Lipinski definition) is 1.